The maximum Gasteiger partial charge on any atom is 0.251 e. The van der Waals surface area contributed by atoms with Gasteiger partial charge >= 0.3 is 0 Å². The third kappa shape index (κ3) is 2.96. The number of nitrogens with zero attached hydrogens (tertiary/aromatic N) is 1. The van der Waals surface area contributed by atoms with E-state index in [-0.39, 0.29) is 5.56 Å². The highest BCUT2D eigenvalue weighted by molar-refractivity contribution is 6.17. The lowest BCUT2D eigenvalue weighted by atomic mass is 9.98. The predicted octanol–water partition coefficient (Wildman–Crippen LogP) is 4.32. The molecule has 0 aliphatic carbocycles. The van der Waals surface area contributed by atoms with E-state index in [1.807, 2.05) is 30.5 Å². The first-order valence-corrected chi connectivity index (χ1v) is 9.31. The number of fused-ring (bicyclic) bond motifs is 2. The zero-order chi connectivity index (χ0) is 21.7. The van der Waals surface area contributed by atoms with Crippen molar-refractivity contribution in [3.05, 3.63) is 89.4 Å². The van der Waals surface area contributed by atoms with Crippen molar-refractivity contribution in [3.63, 3.8) is 0 Å². The zero-order valence-electron chi connectivity index (χ0n) is 15.9. The van der Waals surface area contributed by atoms with Crippen LogP contribution in [0.2, 0.25) is 0 Å². The molecule has 0 aliphatic rings. The number of benzene rings is 2. The first kappa shape index (κ1) is 18.7. The molecule has 0 spiro atoms. The van der Waals surface area contributed by atoms with Crippen LogP contribution in [-0.2, 0) is 0 Å². The molecule has 2 aromatic carbocycles. The van der Waals surface area contributed by atoms with Gasteiger partial charge in [-0.15, -0.1) is 0 Å². The van der Waals surface area contributed by atoms with Crippen molar-refractivity contribution in [1.82, 2.24) is 15.0 Å². The van der Waals surface area contributed by atoms with Gasteiger partial charge in [0.15, 0.2) is 0 Å². The highest BCUT2D eigenvalue weighted by atomic mass is 19.1. The fourth-order valence-electron chi connectivity index (χ4n) is 3.67. The van der Waals surface area contributed by atoms with Crippen LogP contribution in [0.3, 0.4) is 0 Å². The Morgan fingerprint density at radius 2 is 1.77 bits per heavy atom. The molecule has 31 heavy (non-hydrogen) atoms. The van der Waals surface area contributed by atoms with Crippen molar-refractivity contribution in [2.75, 3.05) is 0 Å². The third-order valence-electron chi connectivity index (χ3n) is 5.25. The van der Waals surface area contributed by atoms with Crippen molar-refractivity contribution in [2.45, 2.75) is 0 Å². The molecule has 0 saturated heterocycles. The molecule has 8 heteroatoms. The quantitative estimate of drug-likeness (QED) is 0.380. The van der Waals surface area contributed by atoms with Gasteiger partial charge in [0.25, 0.3) is 5.91 Å². The van der Waals surface area contributed by atoms with E-state index in [9.17, 15) is 18.4 Å². The van der Waals surface area contributed by atoms with E-state index in [0.717, 1.165) is 34.2 Å². The van der Waals surface area contributed by atoms with E-state index < -0.39 is 34.5 Å². The summed E-state index contributed by atoms with van der Waals surface area (Å²) in [5, 5.41) is 1.41. The smallest absolute Gasteiger partial charge is 0.251 e. The summed E-state index contributed by atoms with van der Waals surface area (Å²) in [6, 6.07) is 11.2. The lowest BCUT2D eigenvalue weighted by Crippen LogP contribution is -2.17. The van der Waals surface area contributed by atoms with Crippen LogP contribution in [0, 0.1) is 11.6 Å². The molecule has 0 bridgehead atoms. The summed E-state index contributed by atoms with van der Waals surface area (Å²) in [4.78, 5) is 34.8. The molecule has 0 atom stereocenters. The van der Waals surface area contributed by atoms with Gasteiger partial charge in [0, 0.05) is 40.6 Å². The van der Waals surface area contributed by atoms with Crippen LogP contribution in [0.1, 0.15) is 26.3 Å². The average Bonchev–Trinajstić information content (AvgIpc) is 3.39. The van der Waals surface area contributed by atoms with Gasteiger partial charge in [0.05, 0.1) is 11.1 Å². The fourth-order valence-corrected chi connectivity index (χ4v) is 3.67. The molecule has 4 N–H and O–H groups in total. The van der Waals surface area contributed by atoms with Gasteiger partial charge in [-0.3, -0.25) is 9.59 Å². The van der Waals surface area contributed by atoms with E-state index in [2.05, 4.69) is 15.0 Å². The molecule has 0 radical (unpaired) electrons. The monoisotopic (exact) mass is 416 g/mol. The number of aromatic amines is 2. The number of pyridine rings is 1. The molecule has 0 saturated carbocycles. The molecule has 5 rings (SSSR count). The van der Waals surface area contributed by atoms with Gasteiger partial charge in [0.2, 0.25) is 5.78 Å². The highest BCUT2D eigenvalue weighted by Crippen LogP contribution is 2.29. The second-order valence-corrected chi connectivity index (χ2v) is 7.08. The van der Waals surface area contributed by atoms with Crippen LogP contribution in [-0.4, -0.2) is 26.6 Å². The molecule has 0 unspecified atom stereocenters. The lowest BCUT2D eigenvalue weighted by Gasteiger charge is -2.07. The number of hydrogen-bond acceptors (Lipinski definition) is 3. The minimum atomic E-state index is -1.28. The van der Waals surface area contributed by atoms with Crippen molar-refractivity contribution in [2.24, 2.45) is 5.73 Å². The van der Waals surface area contributed by atoms with Crippen LogP contribution >= 0.6 is 0 Å². The Morgan fingerprint density at radius 3 is 2.58 bits per heavy atom. The van der Waals surface area contributed by atoms with Crippen molar-refractivity contribution in [1.29, 1.82) is 0 Å². The number of halogens is 2. The molecule has 6 nitrogen and oxygen atoms in total. The largest absolute Gasteiger partial charge is 0.366 e. The summed E-state index contributed by atoms with van der Waals surface area (Å²) < 4.78 is 29.1. The maximum absolute atomic E-state index is 14.7. The van der Waals surface area contributed by atoms with Crippen molar-refractivity contribution < 1.29 is 18.4 Å². The molecule has 152 valence electrons. The van der Waals surface area contributed by atoms with Crippen molar-refractivity contribution in [3.8, 4) is 11.1 Å². The van der Waals surface area contributed by atoms with Gasteiger partial charge in [0.1, 0.15) is 17.3 Å². The number of hydrogen-bond donors (Lipinski definition) is 3. The topological polar surface area (TPSA) is 105 Å². The molecule has 1 amide bonds. The second-order valence-electron chi connectivity index (χ2n) is 7.08. The average molecular weight is 416 g/mol. The number of carbonyl (C=O) groups excluding carboxylic acids is 2. The van der Waals surface area contributed by atoms with E-state index in [1.54, 1.807) is 12.3 Å². The van der Waals surface area contributed by atoms with Crippen molar-refractivity contribution >= 4 is 33.6 Å². The number of amides is 1. The van der Waals surface area contributed by atoms with Crippen LogP contribution in [0.15, 0.2) is 61.1 Å². The molecule has 0 fully saturated rings. The number of carbonyl (C=O) groups is 2. The first-order valence-electron chi connectivity index (χ1n) is 9.31. The minimum absolute atomic E-state index is 0.0338. The van der Waals surface area contributed by atoms with Crippen LogP contribution in [0.25, 0.3) is 33.1 Å². The molecule has 3 heterocycles. The summed E-state index contributed by atoms with van der Waals surface area (Å²) in [5.41, 5.74) is 6.75. The van der Waals surface area contributed by atoms with Crippen LogP contribution in [0.4, 0.5) is 8.78 Å². The SMILES string of the molecule is NC(=O)c1ccc(F)c(C(=O)c2c[nH]c3ncc(-c4ccc5[nH]ccc5c4)cc23)c1F. The van der Waals surface area contributed by atoms with E-state index in [0.29, 0.717) is 11.0 Å². The number of aromatic nitrogens is 3. The Bertz CT molecular complexity index is 1520. The molecule has 3 aromatic heterocycles. The number of H-pyrrole nitrogens is 2. The Kier molecular flexibility index (Phi) is 4.14. The van der Waals surface area contributed by atoms with Gasteiger partial charge in [-0.25, -0.2) is 13.8 Å². The molecule has 0 aliphatic heterocycles. The predicted molar refractivity (Wildman–Crippen MR) is 112 cm³/mol. The standard InChI is InChI=1S/C23H14F2N4O2/c24-17-3-2-14(22(26)31)20(25)19(17)21(30)16-10-29-23-15(16)8-13(9-28-23)11-1-4-18-12(7-11)5-6-27-18/h1-10,27H,(H2,26,31)(H,28,29). The normalized spacial score (nSPS) is 11.3. The number of nitrogens with one attached hydrogen (secondary N) is 2. The Morgan fingerprint density at radius 1 is 0.935 bits per heavy atom. The van der Waals surface area contributed by atoms with Gasteiger partial charge in [-0.2, -0.15) is 0 Å². The summed E-state index contributed by atoms with van der Waals surface area (Å²) in [7, 11) is 0. The van der Waals surface area contributed by atoms with E-state index in [4.69, 9.17) is 5.73 Å². The van der Waals surface area contributed by atoms with Gasteiger partial charge in [-0.05, 0) is 47.3 Å². The third-order valence-corrected chi connectivity index (χ3v) is 5.25. The minimum Gasteiger partial charge on any atom is -0.366 e. The first-order chi connectivity index (χ1) is 14.9. The highest BCUT2D eigenvalue weighted by Gasteiger charge is 2.25. The maximum atomic E-state index is 14.7. The Labute approximate surface area is 173 Å². The molecule has 5 aromatic rings. The van der Waals surface area contributed by atoms with Crippen LogP contribution < -0.4 is 5.73 Å². The summed E-state index contributed by atoms with van der Waals surface area (Å²) in [5.74, 6) is -4.36. The Hall–Kier alpha value is -4.33. The zero-order valence-corrected chi connectivity index (χ0v) is 15.9. The lowest BCUT2D eigenvalue weighted by molar-refractivity contribution is 0.0996. The number of rotatable bonds is 4. The number of ketones is 1. The molecular weight excluding hydrogens is 402 g/mol. The molecular formula is C23H14F2N4O2. The second kappa shape index (κ2) is 6.88. The van der Waals surface area contributed by atoms with Gasteiger partial charge < -0.3 is 15.7 Å². The fraction of sp³-hybridized carbons (Fsp3) is 0. The summed E-state index contributed by atoms with van der Waals surface area (Å²) >= 11 is 0. The number of nitrogens with two attached hydrogens (primary N) is 1. The Balaban J connectivity index is 1.64. The van der Waals surface area contributed by atoms with E-state index >= 15 is 0 Å². The van der Waals surface area contributed by atoms with E-state index in [1.165, 1.54) is 6.20 Å². The van der Waals surface area contributed by atoms with Gasteiger partial charge in [-0.1, -0.05) is 6.07 Å². The summed E-state index contributed by atoms with van der Waals surface area (Å²) in [6.45, 7) is 0. The van der Waals surface area contributed by atoms with Crippen LogP contribution in [0.5, 0.6) is 0 Å². The summed E-state index contributed by atoms with van der Waals surface area (Å²) in [6.07, 6.45) is 4.83. The number of primary amides is 1.